The zero-order chi connectivity index (χ0) is 19.8. The molecule has 3 heterocycles. The van der Waals surface area contributed by atoms with Gasteiger partial charge in [-0.3, -0.25) is 14.6 Å². The van der Waals surface area contributed by atoms with Gasteiger partial charge >= 0.3 is 5.97 Å². The fraction of sp³-hybridized carbons (Fsp3) is 0.429. The lowest BCUT2D eigenvalue weighted by Gasteiger charge is -2.37. The van der Waals surface area contributed by atoms with Crippen LogP contribution in [0.5, 0.6) is 0 Å². The monoisotopic (exact) mass is 382 g/mol. The fourth-order valence-corrected chi connectivity index (χ4v) is 4.10. The van der Waals surface area contributed by atoms with Crippen molar-refractivity contribution in [3.63, 3.8) is 0 Å². The van der Waals surface area contributed by atoms with E-state index in [0.29, 0.717) is 13.1 Å². The predicted molar refractivity (Wildman–Crippen MR) is 106 cm³/mol. The van der Waals surface area contributed by atoms with Crippen molar-refractivity contribution >= 4 is 16.9 Å². The summed E-state index contributed by atoms with van der Waals surface area (Å²) in [6.07, 6.45) is 1.85. The molecular weight excluding hydrogens is 356 g/mol. The summed E-state index contributed by atoms with van der Waals surface area (Å²) < 4.78 is 5.26. The number of piperazine rings is 1. The van der Waals surface area contributed by atoms with Crippen molar-refractivity contribution in [2.45, 2.75) is 33.4 Å². The summed E-state index contributed by atoms with van der Waals surface area (Å²) in [7, 11) is 0. The summed E-state index contributed by atoms with van der Waals surface area (Å²) in [6.45, 7) is 9.76. The fourth-order valence-electron chi connectivity index (χ4n) is 4.10. The summed E-state index contributed by atoms with van der Waals surface area (Å²) in [6, 6.07) is 5.46. The first-order valence-electron chi connectivity index (χ1n) is 9.62. The van der Waals surface area contributed by atoms with Crippen LogP contribution in [0.25, 0.3) is 10.9 Å². The van der Waals surface area contributed by atoms with E-state index in [0.717, 1.165) is 58.7 Å². The summed E-state index contributed by atoms with van der Waals surface area (Å²) >= 11 is 0. The highest BCUT2D eigenvalue weighted by atomic mass is 16.5. The molecule has 0 radical (unpaired) electrons. The van der Waals surface area contributed by atoms with Crippen molar-refractivity contribution in [2.75, 3.05) is 26.2 Å². The molecule has 4 rings (SSSR count). The first kappa shape index (κ1) is 18.7. The number of carboxylic acid groups (broad SMARTS) is 1. The lowest BCUT2D eigenvalue weighted by molar-refractivity contribution is -0.144. The topological polar surface area (TPSA) is 85.6 Å². The van der Waals surface area contributed by atoms with Crippen molar-refractivity contribution in [1.82, 2.24) is 19.9 Å². The van der Waals surface area contributed by atoms with E-state index in [2.05, 4.69) is 26.0 Å². The van der Waals surface area contributed by atoms with Gasteiger partial charge in [0.05, 0.1) is 5.69 Å². The van der Waals surface area contributed by atoms with Gasteiger partial charge < -0.3 is 14.6 Å². The van der Waals surface area contributed by atoms with Crippen molar-refractivity contribution < 1.29 is 14.4 Å². The van der Waals surface area contributed by atoms with Crippen LogP contribution in [0.2, 0.25) is 0 Å². The van der Waals surface area contributed by atoms with Crippen LogP contribution < -0.4 is 0 Å². The SMILES string of the molecule is Cc1ccc2[nH]cc(C(C(=O)O)N3CCN(Cc4c(C)noc4C)CC3)c2c1. The van der Waals surface area contributed by atoms with E-state index in [4.69, 9.17) is 4.52 Å². The molecule has 1 saturated heterocycles. The van der Waals surface area contributed by atoms with Crippen molar-refractivity contribution in [3.8, 4) is 0 Å². The molecule has 2 N–H and O–H groups in total. The number of nitrogens with zero attached hydrogens (tertiary/aromatic N) is 3. The van der Waals surface area contributed by atoms with Gasteiger partial charge in [-0.05, 0) is 32.9 Å². The molecule has 2 aromatic heterocycles. The number of aliphatic carboxylic acids is 1. The molecule has 0 saturated carbocycles. The molecule has 0 aliphatic carbocycles. The van der Waals surface area contributed by atoms with Gasteiger partial charge in [0.2, 0.25) is 0 Å². The first-order chi connectivity index (χ1) is 13.4. The highest BCUT2D eigenvalue weighted by Gasteiger charge is 2.32. The molecule has 1 atom stereocenters. The Morgan fingerprint density at radius 3 is 2.64 bits per heavy atom. The van der Waals surface area contributed by atoms with Gasteiger partial charge in [-0.1, -0.05) is 16.8 Å². The van der Waals surface area contributed by atoms with E-state index in [1.54, 1.807) is 0 Å². The number of carboxylic acids is 1. The highest BCUT2D eigenvalue weighted by molar-refractivity contribution is 5.89. The second-order valence-corrected chi connectivity index (χ2v) is 7.65. The Balaban J connectivity index is 1.51. The molecule has 1 aromatic carbocycles. The average molecular weight is 382 g/mol. The number of hydrogen-bond acceptors (Lipinski definition) is 5. The molecule has 7 heteroatoms. The Labute approximate surface area is 163 Å². The third-order valence-electron chi connectivity index (χ3n) is 5.73. The molecular formula is C21H26N4O3. The number of aromatic nitrogens is 2. The second-order valence-electron chi connectivity index (χ2n) is 7.65. The van der Waals surface area contributed by atoms with Gasteiger partial charge in [-0.25, -0.2) is 0 Å². The van der Waals surface area contributed by atoms with Crippen molar-refractivity contribution in [2.24, 2.45) is 0 Å². The van der Waals surface area contributed by atoms with E-state index < -0.39 is 12.0 Å². The lowest BCUT2D eigenvalue weighted by atomic mass is 10.0. The molecule has 3 aromatic rings. The van der Waals surface area contributed by atoms with Gasteiger partial charge in [0, 0.05) is 61.0 Å². The average Bonchev–Trinajstić information content (AvgIpc) is 3.21. The third-order valence-corrected chi connectivity index (χ3v) is 5.73. The zero-order valence-electron chi connectivity index (χ0n) is 16.5. The number of aromatic amines is 1. The Morgan fingerprint density at radius 2 is 2.00 bits per heavy atom. The third kappa shape index (κ3) is 3.43. The van der Waals surface area contributed by atoms with Crippen molar-refractivity contribution in [3.05, 3.63) is 52.5 Å². The minimum absolute atomic E-state index is 0.642. The van der Waals surface area contributed by atoms with Gasteiger partial charge in [0.25, 0.3) is 0 Å². The highest BCUT2D eigenvalue weighted by Crippen LogP contribution is 2.30. The van der Waals surface area contributed by atoms with Gasteiger partial charge in [-0.2, -0.15) is 0 Å². The van der Waals surface area contributed by atoms with Gasteiger partial charge in [-0.15, -0.1) is 0 Å². The molecule has 0 spiro atoms. The minimum Gasteiger partial charge on any atom is -0.480 e. The van der Waals surface area contributed by atoms with Gasteiger partial charge in [0.15, 0.2) is 0 Å². The number of carbonyl (C=O) groups is 1. The van der Waals surface area contributed by atoms with Crippen LogP contribution in [0.15, 0.2) is 28.9 Å². The second kappa shape index (κ2) is 7.41. The standard InChI is InChI=1S/C21H26N4O3/c1-13-4-5-19-16(10-13)17(11-22-19)20(21(26)27)25-8-6-24(7-9-25)12-18-14(2)23-28-15(18)3/h4-5,10-11,20,22H,6-9,12H2,1-3H3,(H,26,27). The number of H-pyrrole nitrogens is 1. The number of fused-ring (bicyclic) bond motifs is 1. The van der Waals surface area contributed by atoms with E-state index in [-0.39, 0.29) is 0 Å². The first-order valence-corrected chi connectivity index (χ1v) is 9.62. The van der Waals surface area contributed by atoms with Crippen LogP contribution >= 0.6 is 0 Å². The van der Waals surface area contributed by atoms with Crippen molar-refractivity contribution in [1.29, 1.82) is 0 Å². The summed E-state index contributed by atoms with van der Waals surface area (Å²) in [4.78, 5) is 19.8. The molecule has 1 fully saturated rings. The molecule has 148 valence electrons. The number of aryl methyl sites for hydroxylation is 3. The van der Waals surface area contributed by atoms with E-state index in [9.17, 15) is 9.90 Å². The Bertz CT molecular complexity index is 979. The van der Waals surface area contributed by atoms with Crippen LogP contribution in [0.1, 0.15) is 34.2 Å². The van der Waals surface area contributed by atoms with Crippen LogP contribution in [0.4, 0.5) is 0 Å². The van der Waals surface area contributed by atoms with Crippen LogP contribution in [0, 0.1) is 20.8 Å². The molecule has 7 nitrogen and oxygen atoms in total. The molecule has 1 aliphatic heterocycles. The maximum Gasteiger partial charge on any atom is 0.325 e. The molecule has 28 heavy (non-hydrogen) atoms. The zero-order valence-corrected chi connectivity index (χ0v) is 16.5. The Hall–Kier alpha value is -2.64. The number of hydrogen-bond donors (Lipinski definition) is 2. The quantitative estimate of drug-likeness (QED) is 0.706. The molecule has 0 amide bonds. The smallest absolute Gasteiger partial charge is 0.325 e. The summed E-state index contributed by atoms with van der Waals surface area (Å²) in [5.41, 5.74) is 5.00. The van der Waals surface area contributed by atoms with Gasteiger partial charge in [0.1, 0.15) is 11.8 Å². The van der Waals surface area contributed by atoms with Crippen LogP contribution in [0.3, 0.4) is 0 Å². The number of rotatable bonds is 5. The number of benzene rings is 1. The van der Waals surface area contributed by atoms with Crippen LogP contribution in [-0.2, 0) is 11.3 Å². The maximum absolute atomic E-state index is 12.2. The minimum atomic E-state index is -0.804. The maximum atomic E-state index is 12.2. The predicted octanol–water partition coefficient (Wildman–Crippen LogP) is 3.02. The normalized spacial score (nSPS) is 17.2. The largest absolute Gasteiger partial charge is 0.480 e. The molecule has 1 unspecified atom stereocenters. The Morgan fingerprint density at radius 1 is 1.25 bits per heavy atom. The van der Waals surface area contributed by atoms with E-state index in [1.807, 2.05) is 39.1 Å². The molecule has 0 bridgehead atoms. The summed E-state index contributed by atoms with van der Waals surface area (Å²) in [5.74, 6) is 0.0547. The lowest BCUT2D eigenvalue weighted by Crippen LogP contribution is -2.48. The van der Waals surface area contributed by atoms with Crippen LogP contribution in [-0.4, -0.2) is 57.2 Å². The van der Waals surface area contributed by atoms with E-state index in [1.165, 1.54) is 0 Å². The molecule has 1 aliphatic rings. The Kier molecular flexibility index (Phi) is 4.95. The number of nitrogens with one attached hydrogen (secondary N) is 1. The summed E-state index contributed by atoms with van der Waals surface area (Å²) in [5, 5.41) is 15.0. The van der Waals surface area contributed by atoms with E-state index >= 15 is 0 Å².